The Labute approximate surface area is 101 Å². The summed E-state index contributed by atoms with van der Waals surface area (Å²) in [6.07, 6.45) is 0. The maximum Gasteiger partial charge on any atom is 0.152 e. The lowest BCUT2D eigenvalue weighted by molar-refractivity contribution is 0.395. The molecule has 1 aromatic carbocycles. The summed E-state index contributed by atoms with van der Waals surface area (Å²) in [6, 6.07) is 7.81. The van der Waals surface area contributed by atoms with Crippen molar-refractivity contribution in [3.8, 4) is 0 Å². The topological polar surface area (TPSA) is 25.2 Å². The van der Waals surface area contributed by atoms with E-state index in [1.54, 1.807) is 0 Å². The summed E-state index contributed by atoms with van der Waals surface area (Å²) in [6.45, 7) is 7.10. The lowest BCUT2D eigenvalue weighted by atomic mass is 10.1. The average molecular weight is 238 g/mol. The second kappa shape index (κ2) is 4.11. The molecule has 0 aliphatic rings. The third-order valence-electron chi connectivity index (χ3n) is 2.34. The summed E-state index contributed by atoms with van der Waals surface area (Å²) in [7, 11) is 0. The molecule has 0 radical (unpaired) electrons. The number of fused-ring (bicyclic) bond motifs is 1. The Morgan fingerprint density at radius 2 is 2.06 bits per heavy atom. The first-order chi connectivity index (χ1) is 7.46. The lowest BCUT2D eigenvalue weighted by Crippen LogP contribution is -2.34. The van der Waals surface area contributed by atoms with Gasteiger partial charge in [0.2, 0.25) is 0 Å². The van der Waals surface area contributed by atoms with Gasteiger partial charge in [0.25, 0.3) is 0 Å². The van der Waals surface area contributed by atoms with Crippen molar-refractivity contribution >= 4 is 22.6 Å². The van der Waals surface area contributed by atoms with Crippen LogP contribution in [-0.4, -0.2) is 5.54 Å². The second-order valence-electron chi connectivity index (χ2n) is 4.97. The Bertz CT molecular complexity index is 496. The van der Waals surface area contributed by atoms with Crippen molar-refractivity contribution in [3.63, 3.8) is 0 Å². The van der Waals surface area contributed by atoms with Gasteiger partial charge in [-0.3, -0.25) is 0 Å². The van der Waals surface area contributed by atoms with Gasteiger partial charge < -0.3 is 9.73 Å². The maximum atomic E-state index is 6.05. The van der Waals surface area contributed by atoms with Crippen molar-refractivity contribution < 1.29 is 4.42 Å². The monoisotopic (exact) mass is 237 g/mol. The van der Waals surface area contributed by atoms with Crippen LogP contribution in [0.5, 0.6) is 0 Å². The van der Waals surface area contributed by atoms with Crippen LogP contribution in [-0.2, 0) is 6.54 Å². The van der Waals surface area contributed by atoms with Gasteiger partial charge in [-0.1, -0.05) is 23.7 Å². The number of rotatable bonds is 2. The van der Waals surface area contributed by atoms with Crippen molar-refractivity contribution in [2.45, 2.75) is 32.9 Å². The standard InChI is InChI=1S/C13H16ClNO/c1-13(2,3)15-8-10-7-9-5-4-6-11(14)12(9)16-10/h4-7,15H,8H2,1-3H3. The molecule has 0 amide bonds. The molecule has 0 aliphatic carbocycles. The van der Waals surface area contributed by atoms with Crippen molar-refractivity contribution in [1.82, 2.24) is 5.32 Å². The molecule has 0 fully saturated rings. The number of nitrogens with one attached hydrogen (secondary N) is 1. The van der Waals surface area contributed by atoms with Crippen molar-refractivity contribution in [3.05, 3.63) is 35.0 Å². The van der Waals surface area contributed by atoms with E-state index in [2.05, 4.69) is 26.1 Å². The average Bonchev–Trinajstić information content (AvgIpc) is 2.58. The summed E-state index contributed by atoms with van der Waals surface area (Å²) >= 11 is 6.05. The quantitative estimate of drug-likeness (QED) is 0.855. The molecule has 0 saturated heterocycles. The van der Waals surface area contributed by atoms with Crippen molar-refractivity contribution in [2.75, 3.05) is 0 Å². The van der Waals surface area contributed by atoms with Crippen LogP contribution >= 0.6 is 11.6 Å². The third kappa shape index (κ3) is 2.57. The predicted octanol–water partition coefficient (Wildman–Crippen LogP) is 3.97. The summed E-state index contributed by atoms with van der Waals surface area (Å²) in [5.41, 5.74) is 0.859. The fourth-order valence-electron chi connectivity index (χ4n) is 1.52. The first-order valence-electron chi connectivity index (χ1n) is 5.38. The van der Waals surface area contributed by atoms with Crippen LogP contribution in [0.15, 0.2) is 28.7 Å². The Morgan fingerprint density at radius 3 is 2.69 bits per heavy atom. The summed E-state index contributed by atoms with van der Waals surface area (Å²) in [5.74, 6) is 0.915. The van der Waals surface area contributed by atoms with E-state index in [1.807, 2.05) is 24.3 Å². The lowest BCUT2D eigenvalue weighted by Gasteiger charge is -2.19. The van der Waals surface area contributed by atoms with Crippen LogP contribution in [0.2, 0.25) is 5.02 Å². The van der Waals surface area contributed by atoms with E-state index in [9.17, 15) is 0 Å². The zero-order valence-corrected chi connectivity index (χ0v) is 10.6. The largest absolute Gasteiger partial charge is 0.458 e. The van der Waals surface area contributed by atoms with Crippen LogP contribution in [0.25, 0.3) is 11.0 Å². The zero-order chi connectivity index (χ0) is 11.8. The molecule has 2 nitrogen and oxygen atoms in total. The molecule has 86 valence electrons. The summed E-state index contributed by atoms with van der Waals surface area (Å²) < 4.78 is 5.70. The molecule has 0 spiro atoms. The highest BCUT2D eigenvalue weighted by Gasteiger charge is 2.11. The normalized spacial score (nSPS) is 12.2. The fourth-order valence-corrected chi connectivity index (χ4v) is 1.74. The highest BCUT2D eigenvalue weighted by Crippen LogP contribution is 2.26. The van der Waals surface area contributed by atoms with Gasteiger partial charge in [0.1, 0.15) is 5.76 Å². The van der Waals surface area contributed by atoms with Crippen LogP contribution in [0, 0.1) is 0 Å². The number of halogens is 1. The van der Waals surface area contributed by atoms with E-state index in [0.29, 0.717) is 11.6 Å². The minimum Gasteiger partial charge on any atom is -0.458 e. The Morgan fingerprint density at radius 1 is 1.31 bits per heavy atom. The van der Waals surface area contributed by atoms with E-state index in [4.69, 9.17) is 16.0 Å². The molecule has 2 rings (SSSR count). The molecular weight excluding hydrogens is 222 g/mol. The maximum absolute atomic E-state index is 6.05. The minimum atomic E-state index is 0.0861. The molecule has 1 N–H and O–H groups in total. The van der Waals surface area contributed by atoms with E-state index in [-0.39, 0.29) is 5.54 Å². The molecule has 0 bridgehead atoms. The number of para-hydroxylation sites is 1. The Kier molecular flexibility index (Phi) is 2.96. The fraction of sp³-hybridized carbons (Fsp3) is 0.385. The van der Waals surface area contributed by atoms with E-state index in [1.165, 1.54) is 0 Å². The number of benzene rings is 1. The van der Waals surface area contributed by atoms with Crippen molar-refractivity contribution in [2.24, 2.45) is 0 Å². The molecule has 0 unspecified atom stereocenters. The van der Waals surface area contributed by atoms with Gasteiger partial charge in [-0.05, 0) is 32.9 Å². The van der Waals surface area contributed by atoms with E-state index in [0.717, 1.165) is 16.7 Å². The predicted molar refractivity (Wildman–Crippen MR) is 67.8 cm³/mol. The summed E-state index contributed by atoms with van der Waals surface area (Å²) in [4.78, 5) is 0. The Hall–Kier alpha value is -0.990. The van der Waals surface area contributed by atoms with Gasteiger partial charge in [0, 0.05) is 10.9 Å². The molecule has 0 aliphatic heterocycles. The highest BCUT2D eigenvalue weighted by molar-refractivity contribution is 6.34. The first-order valence-corrected chi connectivity index (χ1v) is 5.75. The van der Waals surface area contributed by atoms with Gasteiger partial charge in [-0.2, -0.15) is 0 Å². The highest BCUT2D eigenvalue weighted by atomic mass is 35.5. The number of hydrogen-bond donors (Lipinski definition) is 1. The minimum absolute atomic E-state index is 0.0861. The molecular formula is C13H16ClNO. The molecule has 1 heterocycles. The molecule has 3 heteroatoms. The first kappa shape index (κ1) is 11.5. The van der Waals surface area contributed by atoms with Gasteiger partial charge in [-0.15, -0.1) is 0 Å². The van der Waals surface area contributed by atoms with Crippen LogP contribution < -0.4 is 5.32 Å². The summed E-state index contributed by atoms with van der Waals surface area (Å²) in [5, 5.41) is 5.10. The van der Waals surface area contributed by atoms with Gasteiger partial charge in [-0.25, -0.2) is 0 Å². The zero-order valence-electron chi connectivity index (χ0n) is 9.80. The van der Waals surface area contributed by atoms with Crippen LogP contribution in [0.4, 0.5) is 0 Å². The van der Waals surface area contributed by atoms with E-state index >= 15 is 0 Å². The SMILES string of the molecule is CC(C)(C)NCc1cc2cccc(Cl)c2o1. The molecule has 2 aromatic rings. The third-order valence-corrected chi connectivity index (χ3v) is 2.64. The van der Waals surface area contributed by atoms with Gasteiger partial charge >= 0.3 is 0 Å². The van der Waals surface area contributed by atoms with Gasteiger partial charge in [0.15, 0.2) is 5.58 Å². The molecule has 16 heavy (non-hydrogen) atoms. The van der Waals surface area contributed by atoms with Crippen LogP contribution in [0.3, 0.4) is 0 Å². The Balaban J connectivity index is 2.24. The van der Waals surface area contributed by atoms with E-state index < -0.39 is 0 Å². The molecule has 1 aromatic heterocycles. The molecule has 0 atom stereocenters. The second-order valence-corrected chi connectivity index (χ2v) is 5.38. The number of furan rings is 1. The number of hydrogen-bond acceptors (Lipinski definition) is 2. The van der Waals surface area contributed by atoms with Gasteiger partial charge in [0.05, 0.1) is 11.6 Å². The molecule has 0 saturated carbocycles. The van der Waals surface area contributed by atoms with Crippen molar-refractivity contribution in [1.29, 1.82) is 0 Å². The van der Waals surface area contributed by atoms with Crippen LogP contribution in [0.1, 0.15) is 26.5 Å². The smallest absolute Gasteiger partial charge is 0.152 e.